The van der Waals surface area contributed by atoms with Gasteiger partial charge in [0.15, 0.2) is 0 Å². The van der Waals surface area contributed by atoms with Gasteiger partial charge in [-0.25, -0.2) is 9.78 Å². The van der Waals surface area contributed by atoms with Crippen molar-refractivity contribution in [2.45, 2.75) is 32.4 Å². The number of aliphatic hydroxyl groups is 1. The summed E-state index contributed by atoms with van der Waals surface area (Å²) in [5.74, 6) is -0.961. The lowest BCUT2D eigenvalue weighted by atomic mass is 10.1. The van der Waals surface area contributed by atoms with Gasteiger partial charge in [0, 0.05) is 12.2 Å². The summed E-state index contributed by atoms with van der Waals surface area (Å²) in [4.78, 5) is 14.8. The molecule has 5 nitrogen and oxygen atoms in total. The molecule has 0 saturated carbocycles. The summed E-state index contributed by atoms with van der Waals surface area (Å²) < 4.78 is 1.71. The van der Waals surface area contributed by atoms with Crippen molar-refractivity contribution >= 4 is 5.97 Å². The molecule has 0 amide bonds. The van der Waals surface area contributed by atoms with E-state index in [0.717, 1.165) is 25.0 Å². The first kappa shape index (κ1) is 9.21. The Bertz CT molecular complexity index is 370. The SMILES string of the molecule is O=C(O)c1nc(CO)c2n1CCCC2. The van der Waals surface area contributed by atoms with Crippen LogP contribution in [-0.4, -0.2) is 25.7 Å². The second-order valence-electron chi connectivity index (χ2n) is 3.40. The smallest absolute Gasteiger partial charge is 0.372 e. The van der Waals surface area contributed by atoms with E-state index in [1.807, 2.05) is 0 Å². The molecule has 0 atom stereocenters. The van der Waals surface area contributed by atoms with Crippen LogP contribution in [0, 0.1) is 0 Å². The Morgan fingerprint density at radius 2 is 2.29 bits per heavy atom. The van der Waals surface area contributed by atoms with E-state index in [-0.39, 0.29) is 12.4 Å². The van der Waals surface area contributed by atoms with Gasteiger partial charge in [-0.05, 0) is 19.3 Å². The van der Waals surface area contributed by atoms with Crippen LogP contribution < -0.4 is 0 Å². The Balaban J connectivity index is 2.52. The molecule has 5 heteroatoms. The van der Waals surface area contributed by atoms with Gasteiger partial charge >= 0.3 is 5.97 Å². The average molecular weight is 196 g/mol. The van der Waals surface area contributed by atoms with E-state index in [1.54, 1.807) is 4.57 Å². The molecule has 0 bridgehead atoms. The maximum Gasteiger partial charge on any atom is 0.372 e. The minimum Gasteiger partial charge on any atom is -0.475 e. The standard InChI is InChI=1S/C9H12N2O3/c12-5-6-7-3-1-2-4-11(7)8(10-6)9(13)14/h12H,1-5H2,(H,13,14). The Morgan fingerprint density at radius 1 is 1.50 bits per heavy atom. The summed E-state index contributed by atoms with van der Waals surface area (Å²) in [5.41, 5.74) is 1.40. The van der Waals surface area contributed by atoms with Crippen LogP contribution in [-0.2, 0) is 19.6 Å². The Morgan fingerprint density at radius 3 is 2.93 bits per heavy atom. The summed E-state index contributed by atoms with van der Waals surface area (Å²) in [5, 5.41) is 17.9. The number of aromatic nitrogens is 2. The predicted molar refractivity (Wildman–Crippen MR) is 48.0 cm³/mol. The zero-order valence-electron chi connectivity index (χ0n) is 7.73. The van der Waals surface area contributed by atoms with Crippen LogP contribution in [0.4, 0.5) is 0 Å². The maximum absolute atomic E-state index is 10.8. The van der Waals surface area contributed by atoms with Gasteiger partial charge in [-0.3, -0.25) is 0 Å². The molecule has 2 N–H and O–H groups in total. The van der Waals surface area contributed by atoms with E-state index in [9.17, 15) is 4.79 Å². The van der Waals surface area contributed by atoms with Gasteiger partial charge in [0.1, 0.15) is 0 Å². The van der Waals surface area contributed by atoms with Crippen molar-refractivity contribution in [2.24, 2.45) is 0 Å². The fourth-order valence-corrected chi connectivity index (χ4v) is 1.91. The Kier molecular flexibility index (Phi) is 2.25. The van der Waals surface area contributed by atoms with Crippen molar-refractivity contribution in [3.63, 3.8) is 0 Å². The molecule has 0 saturated heterocycles. The van der Waals surface area contributed by atoms with E-state index < -0.39 is 5.97 Å². The molecule has 1 aromatic heterocycles. The number of carbonyl (C=O) groups is 1. The monoisotopic (exact) mass is 196 g/mol. The highest BCUT2D eigenvalue weighted by Gasteiger charge is 2.22. The molecule has 0 unspecified atom stereocenters. The molecule has 14 heavy (non-hydrogen) atoms. The van der Waals surface area contributed by atoms with Crippen LogP contribution in [0.1, 0.15) is 34.8 Å². The maximum atomic E-state index is 10.8. The van der Waals surface area contributed by atoms with Gasteiger partial charge in [0.05, 0.1) is 12.3 Å². The molecule has 1 aliphatic heterocycles. The summed E-state index contributed by atoms with van der Waals surface area (Å²) >= 11 is 0. The molecular formula is C9H12N2O3. The van der Waals surface area contributed by atoms with Gasteiger partial charge in [-0.15, -0.1) is 0 Å². The van der Waals surface area contributed by atoms with E-state index in [0.29, 0.717) is 12.2 Å². The fraction of sp³-hybridized carbons (Fsp3) is 0.556. The van der Waals surface area contributed by atoms with Gasteiger partial charge in [0.25, 0.3) is 0 Å². The van der Waals surface area contributed by atoms with Crippen molar-refractivity contribution in [1.82, 2.24) is 9.55 Å². The van der Waals surface area contributed by atoms with E-state index in [4.69, 9.17) is 10.2 Å². The number of hydrogen-bond acceptors (Lipinski definition) is 3. The van der Waals surface area contributed by atoms with Crippen molar-refractivity contribution in [3.8, 4) is 0 Å². The fourth-order valence-electron chi connectivity index (χ4n) is 1.91. The largest absolute Gasteiger partial charge is 0.475 e. The molecule has 0 aliphatic carbocycles. The first-order chi connectivity index (χ1) is 6.74. The lowest BCUT2D eigenvalue weighted by Gasteiger charge is -2.15. The minimum atomic E-state index is -1.02. The molecular weight excluding hydrogens is 184 g/mol. The molecule has 1 aliphatic rings. The van der Waals surface area contributed by atoms with E-state index in [2.05, 4.69) is 4.98 Å². The molecule has 76 valence electrons. The van der Waals surface area contributed by atoms with Crippen molar-refractivity contribution < 1.29 is 15.0 Å². The molecule has 0 fully saturated rings. The Labute approximate surface area is 81.0 Å². The highest BCUT2D eigenvalue weighted by atomic mass is 16.4. The number of rotatable bonds is 2. The van der Waals surface area contributed by atoms with Gasteiger partial charge < -0.3 is 14.8 Å². The normalized spacial score (nSPS) is 15.2. The molecule has 2 rings (SSSR count). The van der Waals surface area contributed by atoms with Gasteiger partial charge in [-0.2, -0.15) is 0 Å². The second kappa shape index (κ2) is 3.42. The predicted octanol–water partition coefficient (Wildman–Crippen LogP) is 0.410. The summed E-state index contributed by atoms with van der Waals surface area (Å²) in [6, 6.07) is 0. The molecule has 1 aromatic rings. The number of hydrogen-bond donors (Lipinski definition) is 2. The number of carboxylic acids is 1. The minimum absolute atomic E-state index is 0.0590. The number of nitrogens with zero attached hydrogens (tertiary/aromatic N) is 2. The number of imidazole rings is 1. The molecule has 0 spiro atoms. The lowest BCUT2D eigenvalue weighted by Crippen LogP contribution is -2.16. The van der Waals surface area contributed by atoms with Crippen LogP contribution in [0.2, 0.25) is 0 Å². The lowest BCUT2D eigenvalue weighted by molar-refractivity contribution is 0.0676. The van der Waals surface area contributed by atoms with Crippen LogP contribution in [0.5, 0.6) is 0 Å². The second-order valence-corrected chi connectivity index (χ2v) is 3.40. The third-order valence-electron chi connectivity index (χ3n) is 2.54. The van der Waals surface area contributed by atoms with Crippen LogP contribution in [0.15, 0.2) is 0 Å². The highest BCUT2D eigenvalue weighted by Crippen LogP contribution is 2.20. The van der Waals surface area contributed by atoms with Crippen molar-refractivity contribution in [2.75, 3.05) is 0 Å². The number of fused-ring (bicyclic) bond motifs is 1. The summed E-state index contributed by atoms with van der Waals surface area (Å²) in [7, 11) is 0. The number of carboxylic acid groups (broad SMARTS) is 1. The Hall–Kier alpha value is -1.36. The summed E-state index contributed by atoms with van der Waals surface area (Å²) in [6.45, 7) is 0.520. The van der Waals surface area contributed by atoms with Gasteiger partial charge in [0.2, 0.25) is 5.82 Å². The van der Waals surface area contributed by atoms with Crippen molar-refractivity contribution in [3.05, 3.63) is 17.2 Å². The molecule has 2 heterocycles. The highest BCUT2D eigenvalue weighted by molar-refractivity contribution is 5.83. The third kappa shape index (κ3) is 1.29. The first-order valence-electron chi connectivity index (χ1n) is 4.66. The average Bonchev–Trinajstić information content (AvgIpc) is 2.56. The first-order valence-corrected chi connectivity index (χ1v) is 4.66. The summed E-state index contributed by atoms with van der Waals surface area (Å²) in [6.07, 6.45) is 2.84. The van der Waals surface area contributed by atoms with Crippen LogP contribution >= 0.6 is 0 Å². The zero-order valence-corrected chi connectivity index (χ0v) is 7.73. The third-order valence-corrected chi connectivity index (χ3v) is 2.54. The van der Waals surface area contributed by atoms with E-state index in [1.165, 1.54) is 0 Å². The molecule has 0 radical (unpaired) electrons. The zero-order chi connectivity index (χ0) is 10.1. The van der Waals surface area contributed by atoms with Crippen molar-refractivity contribution in [1.29, 1.82) is 0 Å². The topological polar surface area (TPSA) is 75.3 Å². The number of aromatic carboxylic acids is 1. The van der Waals surface area contributed by atoms with Crippen LogP contribution in [0.3, 0.4) is 0 Å². The quantitative estimate of drug-likeness (QED) is 0.718. The van der Waals surface area contributed by atoms with Crippen LogP contribution in [0.25, 0.3) is 0 Å². The van der Waals surface area contributed by atoms with E-state index >= 15 is 0 Å². The van der Waals surface area contributed by atoms with Gasteiger partial charge in [-0.1, -0.05) is 0 Å². The number of aliphatic hydroxyl groups excluding tert-OH is 1. The molecule has 0 aromatic carbocycles.